The standard InChI is InChI=1S/2C5H5N5O2.H2O4S.H2O/c2*6-2-1-3(9-4(11)7-1)10-5(12)8-2;1-5(2,3)4;/h2*(H5,6,7,8,9,10,11,12);(H2,1,2,3,4);1H2. The molecule has 0 fully saturated rings. The Morgan fingerprint density at radius 1 is 0.667 bits per heavy atom. The third-order valence-electron chi connectivity index (χ3n) is 2.86. The van der Waals surface area contributed by atoms with Gasteiger partial charge in [-0.25, -0.2) is 19.2 Å². The number of H-pyrrole nitrogens is 6. The summed E-state index contributed by atoms with van der Waals surface area (Å²) in [4.78, 5) is 63.8. The largest absolute Gasteiger partial charge is 0.412 e. The molecular weight excluding hydrogens is 436 g/mol. The number of imidazole rings is 2. The van der Waals surface area contributed by atoms with E-state index in [1.165, 1.54) is 0 Å². The average Bonchev–Trinajstić information content (AvgIpc) is 3.08. The van der Waals surface area contributed by atoms with Gasteiger partial charge in [0.15, 0.2) is 11.3 Å². The lowest BCUT2D eigenvalue weighted by Gasteiger charge is -1.91. The summed E-state index contributed by atoms with van der Waals surface area (Å²) >= 11 is 0. The Bertz CT molecular complexity index is 1390. The van der Waals surface area contributed by atoms with E-state index in [1.54, 1.807) is 0 Å². The van der Waals surface area contributed by atoms with Gasteiger partial charge in [-0.1, -0.05) is 0 Å². The maximum atomic E-state index is 10.7. The number of nitrogens with one attached hydrogen (secondary N) is 6. The van der Waals surface area contributed by atoms with Crippen molar-refractivity contribution < 1.29 is 23.0 Å². The van der Waals surface area contributed by atoms with Crippen LogP contribution in [0.5, 0.6) is 0 Å². The smallest absolute Gasteiger partial charge is 0.394 e. The number of hydrogen-bond acceptors (Lipinski definition) is 10. The number of rotatable bonds is 0. The lowest BCUT2D eigenvalue weighted by atomic mass is 10.5. The summed E-state index contributed by atoms with van der Waals surface area (Å²) in [5.74, 6) is 0.201. The van der Waals surface area contributed by atoms with Crippen molar-refractivity contribution in [1.29, 1.82) is 0 Å². The van der Waals surface area contributed by atoms with Crippen LogP contribution in [0.3, 0.4) is 0 Å². The van der Waals surface area contributed by atoms with Crippen molar-refractivity contribution in [3.8, 4) is 0 Å². The minimum Gasteiger partial charge on any atom is -0.412 e. The predicted octanol–water partition coefficient (Wildman–Crippen LogP) is -4.43. The highest BCUT2D eigenvalue weighted by Gasteiger charge is 2.04. The van der Waals surface area contributed by atoms with Gasteiger partial charge in [-0.15, -0.1) is 0 Å². The molecular formula is C10H14N10O9S. The summed E-state index contributed by atoms with van der Waals surface area (Å²) in [6, 6.07) is 0. The molecule has 0 aliphatic rings. The van der Waals surface area contributed by atoms with Crippen molar-refractivity contribution in [2.24, 2.45) is 0 Å². The van der Waals surface area contributed by atoms with E-state index in [0.717, 1.165) is 0 Å². The molecule has 0 aliphatic carbocycles. The van der Waals surface area contributed by atoms with E-state index in [1.807, 2.05) is 0 Å². The molecule has 19 nitrogen and oxygen atoms in total. The van der Waals surface area contributed by atoms with E-state index in [4.69, 9.17) is 29.0 Å². The van der Waals surface area contributed by atoms with Crippen LogP contribution in [0, 0.1) is 0 Å². The molecule has 4 aromatic rings. The van der Waals surface area contributed by atoms with Crippen LogP contribution in [0.1, 0.15) is 0 Å². The van der Waals surface area contributed by atoms with Crippen LogP contribution < -0.4 is 34.2 Å². The molecule has 14 N–H and O–H groups in total. The molecule has 4 heterocycles. The fourth-order valence-corrected chi connectivity index (χ4v) is 1.92. The first kappa shape index (κ1) is 23.8. The van der Waals surface area contributed by atoms with E-state index in [9.17, 15) is 19.2 Å². The van der Waals surface area contributed by atoms with Gasteiger partial charge in [0.1, 0.15) is 22.7 Å². The Morgan fingerprint density at radius 2 is 0.967 bits per heavy atom. The quantitative estimate of drug-likeness (QED) is 0.113. The summed E-state index contributed by atoms with van der Waals surface area (Å²) in [7, 11) is -4.67. The number of nitrogens with two attached hydrogens (primary N) is 2. The molecule has 4 rings (SSSR count). The van der Waals surface area contributed by atoms with E-state index < -0.39 is 33.2 Å². The minimum atomic E-state index is -4.67. The van der Waals surface area contributed by atoms with Gasteiger partial charge in [0.2, 0.25) is 0 Å². The summed E-state index contributed by atoms with van der Waals surface area (Å²) in [6.45, 7) is 0. The van der Waals surface area contributed by atoms with E-state index in [0.29, 0.717) is 11.0 Å². The molecule has 0 amide bonds. The van der Waals surface area contributed by atoms with Crippen LogP contribution in [0.25, 0.3) is 22.3 Å². The molecule has 0 unspecified atom stereocenters. The first-order valence-corrected chi connectivity index (χ1v) is 8.38. The molecule has 30 heavy (non-hydrogen) atoms. The molecule has 0 saturated heterocycles. The normalized spacial score (nSPS) is 10.5. The first-order chi connectivity index (χ1) is 13.3. The van der Waals surface area contributed by atoms with Gasteiger partial charge >= 0.3 is 33.2 Å². The van der Waals surface area contributed by atoms with E-state index in [2.05, 4.69) is 39.9 Å². The fourth-order valence-electron chi connectivity index (χ4n) is 1.92. The zero-order chi connectivity index (χ0) is 21.9. The Kier molecular flexibility index (Phi) is 6.99. The number of aromatic nitrogens is 8. The number of nitrogen functional groups attached to an aromatic ring is 2. The third-order valence-corrected chi connectivity index (χ3v) is 2.86. The Balaban J connectivity index is 0.000000241. The molecule has 4 aromatic heterocycles. The first-order valence-electron chi connectivity index (χ1n) is 6.99. The number of hydrogen-bond donors (Lipinski definition) is 10. The molecule has 0 saturated carbocycles. The zero-order valence-electron chi connectivity index (χ0n) is 14.3. The molecule has 0 bridgehead atoms. The van der Waals surface area contributed by atoms with Gasteiger partial charge in [0.25, 0.3) is 0 Å². The molecule has 164 valence electrons. The zero-order valence-corrected chi connectivity index (χ0v) is 15.1. The van der Waals surface area contributed by atoms with Crippen molar-refractivity contribution in [3.05, 3.63) is 41.9 Å². The third kappa shape index (κ3) is 6.41. The van der Waals surface area contributed by atoms with E-state index >= 15 is 0 Å². The molecule has 0 radical (unpaired) electrons. The molecule has 0 aromatic carbocycles. The van der Waals surface area contributed by atoms with Crippen molar-refractivity contribution in [3.63, 3.8) is 0 Å². The van der Waals surface area contributed by atoms with Crippen molar-refractivity contribution in [2.75, 3.05) is 11.5 Å². The summed E-state index contributed by atoms with van der Waals surface area (Å²) in [6.07, 6.45) is 0. The second-order valence-corrected chi connectivity index (χ2v) is 5.86. The SMILES string of the molecule is Nc1[nH]c(=O)nc2[nH]c(=O)[nH]c12.Nc1[nH]c(=O)nc2[nH]c(=O)[nH]c12.O.O=S(=O)(O)O. The molecule has 20 heteroatoms. The Morgan fingerprint density at radius 3 is 1.27 bits per heavy atom. The highest BCUT2D eigenvalue weighted by atomic mass is 32.3. The number of fused-ring (bicyclic) bond motifs is 2. The summed E-state index contributed by atoms with van der Waals surface area (Å²) < 4.78 is 31.6. The van der Waals surface area contributed by atoms with Crippen LogP contribution in [-0.2, 0) is 10.4 Å². The molecule has 0 aliphatic heterocycles. The van der Waals surface area contributed by atoms with Crippen LogP contribution >= 0.6 is 0 Å². The summed E-state index contributed by atoms with van der Waals surface area (Å²) in [5.41, 5.74) is 9.68. The van der Waals surface area contributed by atoms with Crippen molar-refractivity contribution in [1.82, 2.24) is 39.9 Å². The van der Waals surface area contributed by atoms with Gasteiger partial charge in [0, 0.05) is 0 Å². The lowest BCUT2D eigenvalue weighted by Crippen LogP contribution is -2.12. The van der Waals surface area contributed by atoms with Gasteiger partial charge in [-0.3, -0.25) is 29.0 Å². The van der Waals surface area contributed by atoms with Crippen LogP contribution in [0.2, 0.25) is 0 Å². The highest BCUT2D eigenvalue weighted by molar-refractivity contribution is 7.79. The number of anilines is 2. The average molecular weight is 450 g/mol. The predicted molar refractivity (Wildman–Crippen MR) is 101 cm³/mol. The van der Waals surface area contributed by atoms with Crippen LogP contribution in [0.15, 0.2) is 19.2 Å². The van der Waals surface area contributed by atoms with Crippen molar-refractivity contribution >= 4 is 44.4 Å². The second-order valence-electron chi connectivity index (χ2n) is 4.96. The monoisotopic (exact) mass is 450 g/mol. The van der Waals surface area contributed by atoms with Crippen molar-refractivity contribution in [2.45, 2.75) is 0 Å². The lowest BCUT2D eigenvalue weighted by molar-refractivity contribution is 0.381. The van der Waals surface area contributed by atoms with Gasteiger partial charge in [-0.2, -0.15) is 18.4 Å². The highest BCUT2D eigenvalue weighted by Crippen LogP contribution is 2.06. The number of aromatic amines is 6. The summed E-state index contributed by atoms with van der Waals surface area (Å²) in [5, 5.41) is 0. The van der Waals surface area contributed by atoms with Gasteiger partial charge < -0.3 is 26.9 Å². The maximum absolute atomic E-state index is 10.7. The van der Waals surface area contributed by atoms with Crippen LogP contribution in [0.4, 0.5) is 11.6 Å². The van der Waals surface area contributed by atoms with E-state index in [-0.39, 0.29) is 28.4 Å². The minimum absolute atomic E-state index is 0. The fraction of sp³-hybridized carbons (Fsp3) is 0. The van der Waals surface area contributed by atoms with Crippen LogP contribution in [-0.4, -0.2) is 62.9 Å². The maximum Gasteiger partial charge on any atom is 0.394 e. The molecule has 0 atom stereocenters. The molecule has 0 spiro atoms. The topological polar surface area (TPSA) is 347 Å². The van der Waals surface area contributed by atoms with Gasteiger partial charge in [0.05, 0.1) is 0 Å². The Labute approximate surface area is 161 Å². The number of nitrogens with zero attached hydrogens (tertiary/aromatic N) is 2. The Hall–Kier alpha value is -4.27. The van der Waals surface area contributed by atoms with Gasteiger partial charge in [-0.05, 0) is 0 Å². The second kappa shape index (κ2) is 8.82.